The molecule has 0 bridgehead atoms. The summed E-state index contributed by atoms with van der Waals surface area (Å²) in [4.78, 5) is 9.75. The summed E-state index contributed by atoms with van der Waals surface area (Å²) >= 11 is 0. The van der Waals surface area contributed by atoms with Crippen LogP contribution in [0.15, 0.2) is 60.7 Å². The van der Waals surface area contributed by atoms with E-state index in [1.807, 2.05) is 28.8 Å². The van der Waals surface area contributed by atoms with Crippen LogP contribution in [0.2, 0.25) is 0 Å². The topological polar surface area (TPSA) is 55.1 Å². The molecular weight excluding hydrogens is 450 g/mol. The van der Waals surface area contributed by atoms with Gasteiger partial charge in [-0.2, -0.15) is 9.61 Å². The highest BCUT2D eigenvalue weighted by molar-refractivity contribution is 5.73. The van der Waals surface area contributed by atoms with Gasteiger partial charge in [0.1, 0.15) is 5.82 Å². The maximum absolute atomic E-state index is 5.52. The van der Waals surface area contributed by atoms with Crippen molar-refractivity contribution in [3.63, 3.8) is 0 Å². The van der Waals surface area contributed by atoms with Crippen LogP contribution in [-0.4, -0.2) is 66.4 Å². The fraction of sp³-hybridized carbons (Fsp3) is 0.310. The second-order valence-electron chi connectivity index (χ2n) is 9.14. The number of rotatable bonds is 7. The summed E-state index contributed by atoms with van der Waals surface area (Å²) in [6.07, 6.45) is 4.45. The molecule has 2 aromatic carbocycles. The molecule has 3 heterocycles. The molecule has 4 aromatic rings. The van der Waals surface area contributed by atoms with Gasteiger partial charge in [0.15, 0.2) is 17.1 Å². The van der Waals surface area contributed by atoms with Gasteiger partial charge >= 0.3 is 0 Å². The molecule has 0 saturated carbocycles. The van der Waals surface area contributed by atoms with E-state index >= 15 is 0 Å². The summed E-state index contributed by atoms with van der Waals surface area (Å²) in [5.41, 5.74) is 6.06. The van der Waals surface area contributed by atoms with Crippen molar-refractivity contribution >= 4 is 17.5 Å². The van der Waals surface area contributed by atoms with Gasteiger partial charge in [-0.1, -0.05) is 42.5 Å². The molecule has 0 amide bonds. The number of piperazine rings is 1. The second-order valence-corrected chi connectivity index (χ2v) is 9.14. The summed E-state index contributed by atoms with van der Waals surface area (Å²) in [6, 6.07) is 18.5. The Kier molecular flexibility index (Phi) is 6.91. The van der Waals surface area contributed by atoms with Crippen molar-refractivity contribution in [1.29, 1.82) is 0 Å². The van der Waals surface area contributed by atoms with Crippen LogP contribution < -0.4 is 14.4 Å². The number of hydrogen-bond acceptors (Lipinski definition) is 6. The number of anilines is 1. The van der Waals surface area contributed by atoms with Gasteiger partial charge in [0.25, 0.3) is 0 Å². The largest absolute Gasteiger partial charge is 0.493 e. The molecule has 7 heteroatoms. The minimum Gasteiger partial charge on any atom is -0.493 e. The highest BCUT2D eigenvalue weighted by Gasteiger charge is 2.22. The molecule has 1 aliphatic rings. The fourth-order valence-electron chi connectivity index (χ4n) is 4.77. The van der Waals surface area contributed by atoms with Crippen molar-refractivity contribution in [3.8, 4) is 22.8 Å². The van der Waals surface area contributed by atoms with Gasteiger partial charge in [0.05, 0.1) is 19.9 Å². The van der Waals surface area contributed by atoms with E-state index in [0.29, 0.717) is 11.5 Å². The Bertz CT molecular complexity index is 1370. The number of methoxy groups -OCH3 is 2. The Labute approximate surface area is 212 Å². The molecule has 0 atom stereocenters. The average molecular weight is 484 g/mol. The van der Waals surface area contributed by atoms with Crippen LogP contribution in [0.25, 0.3) is 23.0 Å². The van der Waals surface area contributed by atoms with Gasteiger partial charge in [-0.05, 0) is 37.6 Å². The average Bonchev–Trinajstić information content (AvgIpc) is 3.25. The number of benzene rings is 2. The van der Waals surface area contributed by atoms with Gasteiger partial charge in [-0.25, -0.2) is 4.98 Å². The Hall–Kier alpha value is -3.84. The summed E-state index contributed by atoms with van der Waals surface area (Å²) < 4.78 is 12.9. The minimum absolute atomic E-state index is 0.688. The molecule has 1 aliphatic heterocycles. The fourth-order valence-corrected chi connectivity index (χ4v) is 4.77. The Balaban J connectivity index is 1.37. The number of nitrogens with zero attached hydrogens (tertiary/aromatic N) is 5. The summed E-state index contributed by atoms with van der Waals surface area (Å²) in [5, 5.41) is 5.02. The van der Waals surface area contributed by atoms with Crippen LogP contribution in [-0.2, 0) is 0 Å². The van der Waals surface area contributed by atoms with Gasteiger partial charge in [0, 0.05) is 55.6 Å². The zero-order chi connectivity index (χ0) is 25.1. The lowest BCUT2D eigenvalue weighted by Gasteiger charge is -2.35. The van der Waals surface area contributed by atoms with Crippen LogP contribution in [0.5, 0.6) is 11.5 Å². The first-order valence-electron chi connectivity index (χ1n) is 12.4. The smallest absolute Gasteiger partial charge is 0.161 e. The zero-order valence-corrected chi connectivity index (χ0v) is 21.4. The molecule has 1 fully saturated rings. The molecule has 186 valence electrons. The van der Waals surface area contributed by atoms with Crippen LogP contribution >= 0.6 is 0 Å². The Morgan fingerprint density at radius 3 is 2.36 bits per heavy atom. The standard InChI is InChI=1S/C29H33N5O2/c1-21-19-27(33-17-15-32(16-18-33)14-8-11-23-9-6-5-7-10-23)34-29(30-21)22(2)28(31-34)24-12-13-25(35-3)26(20-24)36-4/h5-13,19-20H,14-18H2,1-4H3. The second kappa shape index (κ2) is 10.4. The SMILES string of the molecule is COc1ccc(-c2nn3c(N4CCN(CC=Cc5ccccc5)CC4)cc(C)nc3c2C)cc1OC. The molecule has 7 nitrogen and oxygen atoms in total. The monoisotopic (exact) mass is 483 g/mol. The third-order valence-corrected chi connectivity index (χ3v) is 6.76. The number of ether oxygens (including phenoxy) is 2. The predicted molar refractivity (Wildman–Crippen MR) is 145 cm³/mol. The number of fused-ring (bicyclic) bond motifs is 1. The lowest BCUT2D eigenvalue weighted by atomic mass is 10.1. The first kappa shape index (κ1) is 23.9. The van der Waals surface area contributed by atoms with Crippen LogP contribution in [0, 0.1) is 13.8 Å². The Morgan fingerprint density at radius 1 is 0.889 bits per heavy atom. The zero-order valence-electron chi connectivity index (χ0n) is 21.4. The van der Waals surface area contributed by atoms with Crippen LogP contribution in [0.3, 0.4) is 0 Å². The maximum atomic E-state index is 5.52. The molecule has 0 radical (unpaired) electrons. The van der Waals surface area contributed by atoms with E-state index in [2.05, 4.69) is 66.1 Å². The van der Waals surface area contributed by atoms with Crippen LogP contribution in [0.4, 0.5) is 5.82 Å². The van der Waals surface area contributed by atoms with Crippen molar-refractivity contribution in [2.75, 3.05) is 51.8 Å². The van der Waals surface area contributed by atoms with Crippen molar-refractivity contribution in [3.05, 3.63) is 77.5 Å². The first-order valence-corrected chi connectivity index (χ1v) is 12.4. The highest BCUT2D eigenvalue weighted by Crippen LogP contribution is 2.34. The van der Waals surface area contributed by atoms with Crippen molar-refractivity contribution in [1.82, 2.24) is 19.5 Å². The molecule has 0 N–H and O–H groups in total. The lowest BCUT2D eigenvalue weighted by molar-refractivity contribution is 0.283. The lowest BCUT2D eigenvalue weighted by Crippen LogP contribution is -2.47. The van der Waals surface area contributed by atoms with E-state index < -0.39 is 0 Å². The molecule has 0 aliphatic carbocycles. The van der Waals surface area contributed by atoms with E-state index in [4.69, 9.17) is 19.6 Å². The number of hydrogen-bond donors (Lipinski definition) is 0. The van der Waals surface area contributed by atoms with Gasteiger partial charge in [-0.3, -0.25) is 4.90 Å². The maximum Gasteiger partial charge on any atom is 0.161 e. The van der Waals surface area contributed by atoms with Crippen molar-refractivity contribution in [2.24, 2.45) is 0 Å². The third-order valence-electron chi connectivity index (χ3n) is 6.76. The highest BCUT2D eigenvalue weighted by atomic mass is 16.5. The van der Waals surface area contributed by atoms with E-state index in [1.54, 1.807) is 14.2 Å². The van der Waals surface area contributed by atoms with Crippen molar-refractivity contribution < 1.29 is 9.47 Å². The summed E-state index contributed by atoms with van der Waals surface area (Å²) in [5.74, 6) is 2.48. The minimum atomic E-state index is 0.688. The first-order chi connectivity index (χ1) is 17.6. The number of aromatic nitrogens is 3. The van der Waals surface area contributed by atoms with E-state index in [-0.39, 0.29) is 0 Å². The molecule has 0 unspecified atom stereocenters. The van der Waals surface area contributed by atoms with E-state index in [0.717, 1.165) is 66.7 Å². The predicted octanol–water partition coefficient (Wildman–Crippen LogP) is 4.87. The number of aryl methyl sites for hydroxylation is 2. The van der Waals surface area contributed by atoms with Gasteiger partial charge in [-0.15, -0.1) is 0 Å². The van der Waals surface area contributed by atoms with E-state index in [9.17, 15) is 0 Å². The quantitative estimate of drug-likeness (QED) is 0.374. The molecule has 2 aromatic heterocycles. The molecule has 0 spiro atoms. The Morgan fingerprint density at radius 2 is 1.64 bits per heavy atom. The van der Waals surface area contributed by atoms with Crippen LogP contribution in [0.1, 0.15) is 16.8 Å². The summed E-state index contributed by atoms with van der Waals surface area (Å²) in [6.45, 7) is 9.00. The third kappa shape index (κ3) is 4.79. The van der Waals surface area contributed by atoms with Gasteiger partial charge in [0.2, 0.25) is 0 Å². The molecule has 5 rings (SSSR count). The summed E-state index contributed by atoms with van der Waals surface area (Å²) in [7, 11) is 3.30. The molecule has 1 saturated heterocycles. The normalized spacial score (nSPS) is 14.6. The van der Waals surface area contributed by atoms with E-state index in [1.165, 1.54) is 5.56 Å². The van der Waals surface area contributed by atoms with Gasteiger partial charge < -0.3 is 14.4 Å². The van der Waals surface area contributed by atoms with Crippen molar-refractivity contribution in [2.45, 2.75) is 13.8 Å². The molecular formula is C29H33N5O2. The molecule has 36 heavy (non-hydrogen) atoms.